The zero-order valence-corrected chi connectivity index (χ0v) is 12.8. The van der Waals surface area contributed by atoms with Crippen LogP contribution in [-0.4, -0.2) is 22.8 Å². The van der Waals surface area contributed by atoms with Crippen LogP contribution in [0.1, 0.15) is 16.2 Å². The lowest BCUT2D eigenvalue weighted by molar-refractivity contribution is 0.102. The van der Waals surface area contributed by atoms with Crippen LogP contribution >= 0.6 is 0 Å². The van der Waals surface area contributed by atoms with Crippen molar-refractivity contribution in [2.45, 2.75) is 6.92 Å². The highest BCUT2D eigenvalue weighted by Gasteiger charge is 2.16. The van der Waals surface area contributed by atoms with Crippen molar-refractivity contribution in [3.8, 4) is 22.9 Å². The Labute approximate surface area is 137 Å². The zero-order chi connectivity index (χ0) is 16.5. The van der Waals surface area contributed by atoms with E-state index in [0.717, 1.165) is 5.56 Å². The molecule has 0 saturated carbocycles. The summed E-state index contributed by atoms with van der Waals surface area (Å²) in [4.78, 5) is 16.6. The summed E-state index contributed by atoms with van der Waals surface area (Å²) in [6, 6.07) is 12.3. The molecular formula is C17H13N3O4. The first kappa shape index (κ1) is 14.3. The van der Waals surface area contributed by atoms with Crippen molar-refractivity contribution in [3.05, 3.63) is 53.9 Å². The number of amides is 1. The number of hydrogen-bond acceptors (Lipinski definition) is 6. The van der Waals surface area contributed by atoms with Gasteiger partial charge in [0, 0.05) is 23.7 Å². The van der Waals surface area contributed by atoms with Gasteiger partial charge in [-0.15, -0.1) is 0 Å². The molecule has 0 radical (unpaired) electrons. The molecule has 3 aromatic rings. The Hall–Kier alpha value is -3.35. The molecule has 0 spiro atoms. The minimum absolute atomic E-state index is 0.173. The molecule has 0 bridgehead atoms. The molecule has 0 fully saturated rings. The molecule has 0 saturated heterocycles. The lowest BCUT2D eigenvalue weighted by atomic mass is 10.1. The Morgan fingerprint density at radius 3 is 2.83 bits per heavy atom. The molecule has 24 heavy (non-hydrogen) atoms. The van der Waals surface area contributed by atoms with E-state index >= 15 is 0 Å². The molecule has 4 rings (SSSR count). The maximum Gasteiger partial charge on any atom is 0.255 e. The summed E-state index contributed by atoms with van der Waals surface area (Å²) in [6.45, 7) is 1.90. The Bertz CT molecular complexity index is 920. The quantitative estimate of drug-likeness (QED) is 0.797. The van der Waals surface area contributed by atoms with E-state index in [9.17, 15) is 4.79 Å². The van der Waals surface area contributed by atoms with Crippen molar-refractivity contribution >= 4 is 11.6 Å². The normalized spacial score (nSPS) is 12.2. The number of aromatic nitrogens is 2. The van der Waals surface area contributed by atoms with Gasteiger partial charge in [-0.3, -0.25) is 4.79 Å². The fraction of sp³-hybridized carbons (Fsp3) is 0.118. The highest BCUT2D eigenvalue weighted by atomic mass is 16.7. The van der Waals surface area contributed by atoms with Gasteiger partial charge in [-0.1, -0.05) is 17.3 Å². The Morgan fingerprint density at radius 2 is 2.00 bits per heavy atom. The number of nitrogens with zero attached hydrogens (tertiary/aromatic N) is 2. The Balaban J connectivity index is 1.56. The molecule has 120 valence electrons. The number of ether oxygens (including phenoxy) is 2. The summed E-state index contributed by atoms with van der Waals surface area (Å²) in [6.07, 6.45) is 0. The molecule has 7 heteroatoms. The Morgan fingerprint density at radius 1 is 1.12 bits per heavy atom. The number of hydrogen-bond donors (Lipinski definition) is 1. The number of nitrogens with one attached hydrogen (secondary N) is 1. The maximum atomic E-state index is 12.4. The van der Waals surface area contributed by atoms with Gasteiger partial charge in [0.05, 0.1) is 0 Å². The van der Waals surface area contributed by atoms with Gasteiger partial charge >= 0.3 is 0 Å². The average molecular weight is 323 g/mol. The van der Waals surface area contributed by atoms with Gasteiger partial charge in [-0.05, 0) is 30.3 Å². The van der Waals surface area contributed by atoms with Crippen molar-refractivity contribution in [1.29, 1.82) is 0 Å². The maximum absolute atomic E-state index is 12.4. The standard InChI is InChI=1S/C17H13N3O4/c1-10-18-16(20-24-10)11-3-2-4-13(7-11)19-17(21)12-5-6-14-15(8-12)23-9-22-14/h2-8H,9H2,1H3,(H,19,21). The number of carbonyl (C=O) groups excluding carboxylic acids is 1. The van der Waals surface area contributed by atoms with E-state index in [1.165, 1.54) is 0 Å². The fourth-order valence-electron chi connectivity index (χ4n) is 2.39. The second kappa shape index (κ2) is 5.69. The molecule has 1 N–H and O–H groups in total. The number of aryl methyl sites for hydroxylation is 1. The van der Waals surface area contributed by atoms with Gasteiger partial charge in [0.25, 0.3) is 5.91 Å². The molecule has 1 aliphatic heterocycles. The molecule has 1 amide bonds. The molecule has 7 nitrogen and oxygen atoms in total. The predicted molar refractivity (Wildman–Crippen MR) is 85.0 cm³/mol. The highest BCUT2D eigenvalue weighted by Crippen LogP contribution is 2.32. The third-order valence-corrected chi connectivity index (χ3v) is 3.54. The van der Waals surface area contributed by atoms with Crippen LogP contribution in [0.5, 0.6) is 11.5 Å². The Kier molecular flexibility index (Phi) is 3.38. The second-order valence-corrected chi connectivity index (χ2v) is 5.24. The van der Waals surface area contributed by atoms with Crippen molar-refractivity contribution in [2.24, 2.45) is 0 Å². The summed E-state index contributed by atoms with van der Waals surface area (Å²) in [5.41, 5.74) is 1.88. The minimum atomic E-state index is -0.241. The molecule has 0 aliphatic carbocycles. The van der Waals surface area contributed by atoms with Crippen LogP contribution in [0.4, 0.5) is 5.69 Å². The molecule has 1 aromatic heterocycles. The van der Waals surface area contributed by atoms with Crippen LogP contribution in [0.15, 0.2) is 47.0 Å². The molecule has 0 unspecified atom stereocenters. The monoisotopic (exact) mass is 323 g/mol. The van der Waals surface area contributed by atoms with E-state index in [4.69, 9.17) is 14.0 Å². The number of rotatable bonds is 3. The molecule has 2 heterocycles. The summed E-state index contributed by atoms with van der Waals surface area (Å²) in [5, 5.41) is 6.72. The smallest absolute Gasteiger partial charge is 0.255 e. The van der Waals surface area contributed by atoms with E-state index in [2.05, 4.69) is 15.5 Å². The zero-order valence-electron chi connectivity index (χ0n) is 12.8. The molecule has 2 aromatic carbocycles. The predicted octanol–water partition coefficient (Wildman–Crippen LogP) is 3.03. The third-order valence-electron chi connectivity index (χ3n) is 3.54. The average Bonchev–Trinajstić information content (AvgIpc) is 3.23. The van der Waals surface area contributed by atoms with E-state index in [-0.39, 0.29) is 12.7 Å². The van der Waals surface area contributed by atoms with Crippen LogP contribution in [-0.2, 0) is 0 Å². The van der Waals surface area contributed by atoms with Crippen molar-refractivity contribution < 1.29 is 18.8 Å². The fourth-order valence-corrected chi connectivity index (χ4v) is 2.39. The second-order valence-electron chi connectivity index (χ2n) is 5.24. The molecule has 1 aliphatic rings. The first-order valence-corrected chi connectivity index (χ1v) is 7.31. The lowest BCUT2D eigenvalue weighted by Gasteiger charge is -2.07. The number of carbonyl (C=O) groups is 1. The highest BCUT2D eigenvalue weighted by molar-refractivity contribution is 6.04. The van der Waals surface area contributed by atoms with Gasteiger partial charge in [0.15, 0.2) is 11.5 Å². The van der Waals surface area contributed by atoms with Crippen molar-refractivity contribution in [2.75, 3.05) is 12.1 Å². The van der Waals surface area contributed by atoms with E-state index in [1.807, 2.05) is 12.1 Å². The molecule has 0 atom stereocenters. The third kappa shape index (κ3) is 2.67. The van der Waals surface area contributed by atoms with Crippen molar-refractivity contribution in [3.63, 3.8) is 0 Å². The van der Waals surface area contributed by atoms with Gasteiger partial charge in [-0.25, -0.2) is 0 Å². The van der Waals surface area contributed by atoms with Crippen LogP contribution in [0.3, 0.4) is 0 Å². The number of benzene rings is 2. The number of anilines is 1. The van der Waals surface area contributed by atoms with Crippen LogP contribution in [0.25, 0.3) is 11.4 Å². The summed E-state index contributed by atoms with van der Waals surface area (Å²) in [5.74, 6) is 1.93. The van der Waals surface area contributed by atoms with E-state index in [1.54, 1.807) is 37.3 Å². The largest absolute Gasteiger partial charge is 0.454 e. The van der Waals surface area contributed by atoms with E-state index in [0.29, 0.717) is 34.5 Å². The van der Waals surface area contributed by atoms with Crippen LogP contribution < -0.4 is 14.8 Å². The summed E-state index contributed by atoms with van der Waals surface area (Å²) >= 11 is 0. The van der Waals surface area contributed by atoms with Gasteiger partial charge in [0.1, 0.15) is 0 Å². The summed E-state index contributed by atoms with van der Waals surface area (Å²) in [7, 11) is 0. The van der Waals surface area contributed by atoms with Gasteiger partial charge in [0.2, 0.25) is 18.5 Å². The van der Waals surface area contributed by atoms with Crippen LogP contribution in [0.2, 0.25) is 0 Å². The van der Waals surface area contributed by atoms with Gasteiger partial charge < -0.3 is 19.3 Å². The molecular weight excluding hydrogens is 310 g/mol. The van der Waals surface area contributed by atoms with Crippen molar-refractivity contribution in [1.82, 2.24) is 10.1 Å². The summed E-state index contributed by atoms with van der Waals surface area (Å²) < 4.78 is 15.5. The lowest BCUT2D eigenvalue weighted by Crippen LogP contribution is -2.11. The van der Waals surface area contributed by atoms with Gasteiger partial charge in [-0.2, -0.15) is 4.98 Å². The number of fused-ring (bicyclic) bond motifs is 1. The SMILES string of the molecule is Cc1nc(-c2cccc(NC(=O)c3ccc4c(c3)OCO4)c2)no1. The topological polar surface area (TPSA) is 86.5 Å². The van der Waals surface area contributed by atoms with E-state index < -0.39 is 0 Å². The van der Waals surface area contributed by atoms with Crippen LogP contribution in [0, 0.1) is 6.92 Å². The minimum Gasteiger partial charge on any atom is -0.454 e. The first-order chi connectivity index (χ1) is 11.7. The first-order valence-electron chi connectivity index (χ1n) is 7.31.